The quantitative estimate of drug-likeness (QED) is 0.845. The van der Waals surface area contributed by atoms with Crippen molar-refractivity contribution in [1.29, 1.82) is 0 Å². The van der Waals surface area contributed by atoms with Gasteiger partial charge in [-0.1, -0.05) is 23.8 Å². The van der Waals surface area contributed by atoms with Gasteiger partial charge in [0.05, 0.1) is 0 Å². The predicted octanol–water partition coefficient (Wildman–Crippen LogP) is 3.43. The van der Waals surface area contributed by atoms with Crippen molar-refractivity contribution >= 4 is 6.09 Å². The molecule has 0 atom stereocenters. The smallest absolute Gasteiger partial charge is 0.422 e. The lowest BCUT2D eigenvalue weighted by Crippen LogP contribution is -2.30. The molecule has 0 radical (unpaired) electrons. The third kappa shape index (κ3) is 5.19. The van der Waals surface area contributed by atoms with Crippen molar-refractivity contribution in [3.05, 3.63) is 34.9 Å². The van der Waals surface area contributed by atoms with Crippen LogP contribution in [0.5, 0.6) is 0 Å². The molecule has 1 aromatic carbocycles. The highest BCUT2D eigenvalue weighted by molar-refractivity contribution is 5.67. The average Bonchev–Trinajstić information content (AvgIpc) is 2.28. The van der Waals surface area contributed by atoms with Crippen molar-refractivity contribution in [2.75, 3.05) is 13.7 Å². The van der Waals surface area contributed by atoms with E-state index in [9.17, 15) is 18.0 Å². The summed E-state index contributed by atoms with van der Waals surface area (Å²) in [5.41, 5.74) is 2.94. The lowest BCUT2D eigenvalue weighted by atomic mass is 10.1. The van der Waals surface area contributed by atoms with Gasteiger partial charge in [0.2, 0.25) is 0 Å². The number of carbonyl (C=O) groups excluding carboxylic acids is 1. The number of carbonyl (C=O) groups is 1. The second kappa shape index (κ2) is 5.95. The Kier molecular flexibility index (Phi) is 4.80. The van der Waals surface area contributed by atoms with E-state index in [1.807, 2.05) is 32.0 Å². The molecule has 6 heteroatoms. The first-order valence-corrected chi connectivity index (χ1v) is 5.70. The van der Waals surface area contributed by atoms with Crippen LogP contribution in [-0.4, -0.2) is 30.8 Å². The fourth-order valence-electron chi connectivity index (χ4n) is 1.60. The van der Waals surface area contributed by atoms with E-state index in [1.165, 1.54) is 7.05 Å². The highest BCUT2D eigenvalue weighted by atomic mass is 19.4. The predicted molar refractivity (Wildman–Crippen MR) is 64.8 cm³/mol. The maximum atomic E-state index is 11.9. The van der Waals surface area contributed by atoms with Gasteiger partial charge in [-0.15, -0.1) is 0 Å². The van der Waals surface area contributed by atoms with Gasteiger partial charge in [0, 0.05) is 13.6 Å². The summed E-state index contributed by atoms with van der Waals surface area (Å²) < 4.78 is 39.9. The molecule has 0 N–H and O–H groups in total. The Balaban J connectivity index is 2.59. The molecule has 0 saturated carbocycles. The first kappa shape index (κ1) is 15.3. The highest BCUT2D eigenvalue weighted by Crippen LogP contribution is 2.16. The third-order valence-corrected chi connectivity index (χ3v) is 2.58. The van der Waals surface area contributed by atoms with E-state index < -0.39 is 18.9 Å². The van der Waals surface area contributed by atoms with Gasteiger partial charge >= 0.3 is 12.3 Å². The number of hydrogen-bond donors (Lipinski definition) is 0. The SMILES string of the molecule is Cc1ccc(CN(C)C(=O)OCC(F)(F)F)c(C)c1. The zero-order chi connectivity index (χ0) is 14.6. The van der Waals surface area contributed by atoms with Gasteiger partial charge in [0.15, 0.2) is 6.61 Å². The lowest BCUT2D eigenvalue weighted by molar-refractivity contribution is -0.162. The number of ether oxygens (including phenoxy) is 1. The van der Waals surface area contributed by atoms with Crippen LogP contribution >= 0.6 is 0 Å². The number of halogens is 3. The van der Waals surface area contributed by atoms with Gasteiger partial charge < -0.3 is 9.64 Å². The second-order valence-electron chi connectivity index (χ2n) is 4.46. The summed E-state index contributed by atoms with van der Waals surface area (Å²) in [4.78, 5) is 12.5. The van der Waals surface area contributed by atoms with E-state index in [1.54, 1.807) is 0 Å². The van der Waals surface area contributed by atoms with Crippen LogP contribution in [0, 0.1) is 13.8 Å². The molecular weight excluding hydrogens is 259 g/mol. The minimum Gasteiger partial charge on any atom is -0.440 e. The molecule has 1 rings (SSSR count). The van der Waals surface area contributed by atoms with Crippen LogP contribution in [0.25, 0.3) is 0 Å². The highest BCUT2D eigenvalue weighted by Gasteiger charge is 2.30. The summed E-state index contributed by atoms with van der Waals surface area (Å²) in [6, 6.07) is 5.68. The summed E-state index contributed by atoms with van der Waals surface area (Å²) in [7, 11) is 1.40. The third-order valence-electron chi connectivity index (χ3n) is 2.58. The number of nitrogens with zero attached hydrogens (tertiary/aromatic N) is 1. The lowest BCUT2D eigenvalue weighted by Gasteiger charge is -2.19. The molecule has 0 unspecified atom stereocenters. The normalized spacial score (nSPS) is 11.3. The Morgan fingerprint density at radius 3 is 2.47 bits per heavy atom. The minimum absolute atomic E-state index is 0.211. The summed E-state index contributed by atoms with van der Waals surface area (Å²) >= 11 is 0. The van der Waals surface area contributed by atoms with E-state index in [-0.39, 0.29) is 6.54 Å². The Bertz CT molecular complexity index is 458. The van der Waals surface area contributed by atoms with Gasteiger partial charge in [-0.2, -0.15) is 13.2 Å². The summed E-state index contributed by atoms with van der Waals surface area (Å²) in [5, 5.41) is 0. The van der Waals surface area contributed by atoms with Crippen LogP contribution in [-0.2, 0) is 11.3 Å². The summed E-state index contributed by atoms with van der Waals surface area (Å²) in [6.07, 6.45) is -5.49. The Morgan fingerprint density at radius 2 is 1.95 bits per heavy atom. The molecule has 19 heavy (non-hydrogen) atoms. The van der Waals surface area contributed by atoms with Crippen molar-refractivity contribution in [3.63, 3.8) is 0 Å². The van der Waals surface area contributed by atoms with Gasteiger partial charge in [0.1, 0.15) is 0 Å². The maximum Gasteiger partial charge on any atom is 0.422 e. The van der Waals surface area contributed by atoms with Gasteiger partial charge in [-0.3, -0.25) is 0 Å². The van der Waals surface area contributed by atoms with Gasteiger partial charge in [-0.05, 0) is 25.0 Å². The number of amides is 1. The monoisotopic (exact) mass is 275 g/mol. The van der Waals surface area contributed by atoms with Crippen LogP contribution in [0.1, 0.15) is 16.7 Å². The number of aryl methyl sites for hydroxylation is 2. The largest absolute Gasteiger partial charge is 0.440 e. The Morgan fingerprint density at radius 1 is 1.32 bits per heavy atom. The Labute approximate surface area is 110 Å². The summed E-state index contributed by atoms with van der Waals surface area (Å²) in [5.74, 6) is 0. The molecule has 0 heterocycles. The average molecular weight is 275 g/mol. The fourth-order valence-corrected chi connectivity index (χ4v) is 1.60. The Hall–Kier alpha value is -1.72. The zero-order valence-corrected chi connectivity index (χ0v) is 11.0. The van der Waals surface area contributed by atoms with E-state index in [0.717, 1.165) is 21.6 Å². The molecule has 0 aliphatic heterocycles. The number of hydrogen-bond acceptors (Lipinski definition) is 2. The van der Waals surface area contributed by atoms with Crippen molar-refractivity contribution in [2.45, 2.75) is 26.6 Å². The molecule has 1 amide bonds. The fraction of sp³-hybridized carbons (Fsp3) is 0.462. The molecular formula is C13H16F3NO2. The van der Waals surface area contributed by atoms with Crippen molar-refractivity contribution < 1.29 is 22.7 Å². The zero-order valence-electron chi connectivity index (χ0n) is 11.0. The minimum atomic E-state index is -4.50. The van der Waals surface area contributed by atoms with Gasteiger partial charge in [0.25, 0.3) is 0 Å². The second-order valence-corrected chi connectivity index (χ2v) is 4.46. The number of alkyl halides is 3. The van der Waals surface area contributed by atoms with Crippen LogP contribution in [0.2, 0.25) is 0 Å². The molecule has 0 saturated heterocycles. The number of benzene rings is 1. The molecule has 0 bridgehead atoms. The van der Waals surface area contributed by atoms with Crippen LogP contribution in [0.4, 0.5) is 18.0 Å². The molecule has 3 nitrogen and oxygen atoms in total. The van der Waals surface area contributed by atoms with E-state index in [2.05, 4.69) is 4.74 Å². The van der Waals surface area contributed by atoms with Crippen molar-refractivity contribution in [1.82, 2.24) is 4.90 Å². The van der Waals surface area contributed by atoms with Crippen molar-refractivity contribution in [3.8, 4) is 0 Å². The van der Waals surface area contributed by atoms with E-state index >= 15 is 0 Å². The van der Waals surface area contributed by atoms with Crippen LogP contribution < -0.4 is 0 Å². The molecule has 106 valence electrons. The first-order valence-electron chi connectivity index (χ1n) is 5.70. The molecule has 0 aliphatic rings. The molecule has 0 aromatic heterocycles. The number of rotatable bonds is 3. The molecule has 0 aliphatic carbocycles. The van der Waals surface area contributed by atoms with E-state index in [0.29, 0.717) is 0 Å². The molecule has 0 spiro atoms. The van der Waals surface area contributed by atoms with Crippen LogP contribution in [0.3, 0.4) is 0 Å². The summed E-state index contributed by atoms with van der Waals surface area (Å²) in [6.45, 7) is 2.47. The van der Waals surface area contributed by atoms with Crippen molar-refractivity contribution in [2.24, 2.45) is 0 Å². The van der Waals surface area contributed by atoms with E-state index in [4.69, 9.17) is 0 Å². The topological polar surface area (TPSA) is 29.5 Å². The van der Waals surface area contributed by atoms with Crippen LogP contribution in [0.15, 0.2) is 18.2 Å². The standard InChI is InChI=1S/C13H16F3NO2/c1-9-4-5-11(10(2)6-9)7-17(3)12(18)19-8-13(14,15)16/h4-6H,7-8H2,1-3H3. The maximum absolute atomic E-state index is 11.9. The molecule has 0 fully saturated rings. The van der Waals surface area contributed by atoms with Gasteiger partial charge in [-0.25, -0.2) is 4.79 Å². The first-order chi connectivity index (χ1) is 8.69. The molecule has 1 aromatic rings.